The summed E-state index contributed by atoms with van der Waals surface area (Å²) >= 11 is 0. The van der Waals surface area contributed by atoms with Crippen molar-refractivity contribution in [1.82, 2.24) is 36.0 Å². The molecule has 2 fully saturated rings. The molecule has 14 heteroatoms. The molecular weight excluding hydrogens is 437 g/mol. The van der Waals surface area contributed by atoms with E-state index in [1.54, 1.807) is 12.1 Å². The number of carbonyl (C=O) groups excluding carboxylic acids is 3. The quantitative estimate of drug-likeness (QED) is 0.562. The fraction of sp³-hybridized carbons (Fsp3) is 0.474. The van der Waals surface area contributed by atoms with Gasteiger partial charge < -0.3 is 15.0 Å². The van der Waals surface area contributed by atoms with Crippen LogP contribution in [0.1, 0.15) is 6.92 Å². The fourth-order valence-corrected chi connectivity index (χ4v) is 3.67. The molecule has 13 nitrogen and oxygen atoms in total. The van der Waals surface area contributed by atoms with Gasteiger partial charge in [-0.15, -0.1) is 10.2 Å². The number of hydrazine groups is 1. The maximum Gasteiger partial charge on any atom is 0.414 e. The summed E-state index contributed by atoms with van der Waals surface area (Å²) in [5, 5.41) is 15.1. The molecule has 2 aliphatic heterocycles. The first kappa shape index (κ1) is 22.4. The van der Waals surface area contributed by atoms with Crippen molar-refractivity contribution < 1.29 is 23.5 Å². The Kier molecular flexibility index (Phi) is 6.63. The molecule has 2 aliphatic rings. The summed E-state index contributed by atoms with van der Waals surface area (Å²) in [6.45, 7) is 3.38. The lowest BCUT2D eigenvalue weighted by molar-refractivity contribution is -0.135. The summed E-state index contributed by atoms with van der Waals surface area (Å²) in [5.41, 5.74) is 3.77. The second kappa shape index (κ2) is 9.77. The molecule has 1 aromatic carbocycles. The SMILES string of the molecule is CC(=O)NC[C@H]1CN(c2ccc(N3CCNN(C(=O)Cn4ncnn4)CC3)c(F)c2)C(=O)O1. The molecule has 2 aromatic rings. The van der Waals surface area contributed by atoms with Crippen LogP contribution in [0.3, 0.4) is 0 Å². The monoisotopic (exact) mass is 461 g/mol. The molecule has 0 bridgehead atoms. The number of aromatic nitrogens is 4. The summed E-state index contributed by atoms with van der Waals surface area (Å²) < 4.78 is 20.2. The van der Waals surface area contributed by atoms with Gasteiger partial charge in [0.1, 0.15) is 18.5 Å². The minimum atomic E-state index is -0.590. The van der Waals surface area contributed by atoms with Crippen LogP contribution in [0.25, 0.3) is 0 Å². The van der Waals surface area contributed by atoms with Crippen LogP contribution >= 0.6 is 0 Å². The van der Waals surface area contributed by atoms with Crippen LogP contribution in [-0.2, 0) is 20.9 Å². The number of tetrazole rings is 1. The van der Waals surface area contributed by atoms with E-state index >= 15 is 4.39 Å². The van der Waals surface area contributed by atoms with E-state index in [1.165, 1.54) is 34.0 Å². The predicted molar refractivity (Wildman–Crippen MR) is 112 cm³/mol. The Morgan fingerprint density at radius 1 is 1.30 bits per heavy atom. The average molecular weight is 461 g/mol. The highest BCUT2D eigenvalue weighted by Crippen LogP contribution is 2.28. The summed E-state index contributed by atoms with van der Waals surface area (Å²) in [7, 11) is 0. The van der Waals surface area contributed by atoms with Crippen molar-refractivity contribution in [2.24, 2.45) is 0 Å². The Bertz CT molecular complexity index is 1020. The number of hydrogen-bond acceptors (Lipinski definition) is 9. The molecule has 3 amide bonds. The van der Waals surface area contributed by atoms with E-state index in [9.17, 15) is 14.4 Å². The van der Waals surface area contributed by atoms with Gasteiger partial charge in [0.2, 0.25) is 5.91 Å². The van der Waals surface area contributed by atoms with Crippen LogP contribution in [0.15, 0.2) is 24.5 Å². The van der Waals surface area contributed by atoms with E-state index in [1.807, 2.05) is 4.90 Å². The van der Waals surface area contributed by atoms with Crippen molar-refractivity contribution >= 4 is 29.3 Å². The van der Waals surface area contributed by atoms with Crippen molar-refractivity contribution in [3.63, 3.8) is 0 Å². The first-order valence-electron chi connectivity index (χ1n) is 10.4. The lowest BCUT2D eigenvalue weighted by Crippen LogP contribution is -2.45. The van der Waals surface area contributed by atoms with E-state index in [2.05, 4.69) is 26.2 Å². The fourth-order valence-electron chi connectivity index (χ4n) is 3.67. The summed E-state index contributed by atoms with van der Waals surface area (Å²) in [6.07, 6.45) is 0.159. The highest BCUT2D eigenvalue weighted by molar-refractivity contribution is 5.90. The second-order valence-electron chi connectivity index (χ2n) is 7.60. The molecule has 1 atom stereocenters. The van der Waals surface area contributed by atoms with Crippen LogP contribution in [-0.4, -0.2) is 88.5 Å². The number of anilines is 2. The standard InChI is InChI=1S/C19H24FN9O4/c1-13(30)21-9-15-10-27(19(32)33-15)14-2-3-17(16(20)8-14)26-5-4-23-28(7-6-26)18(31)11-29-24-12-22-25-29/h2-3,8,12,15,23H,4-7,9-11H2,1H3,(H,21,30)/t15-/m0/s1. The number of cyclic esters (lactones) is 1. The number of nitrogens with one attached hydrogen (secondary N) is 2. The molecule has 2 saturated heterocycles. The van der Waals surface area contributed by atoms with Gasteiger partial charge in [-0.3, -0.25) is 19.5 Å². The number of ether oxygens (including phenoxy) is 1. The van der Waals surface area contributed by atoms with Crippen molar-refractivity contribution in [1.29, 1.82) is 0 Å². The van der Waals surface area contributed by atoms with E-state index in [0.717, 1.165) is 0 Å². The van der Waals surface area contributed by atoms with Crippen LogP contribution in [0.5, 0.6) is 0 Å². The van der Waals surface area contributed by atoms with Gasteiger partial charge in [-0.05, 0) is 23.4 Å². The minimum Gasteiger partial charge on any atom is -0.442 e. The maximum absolute atomic E-state index is 15.0. The largest absolute Gasteiger partial charge is 0.442 e. The molecule has 1 aromatic heterocycles. The molecule has 4 rings (SSSR count). The zero-order chi connectivity index (χ0) is 23.4. The zero-order valence-electron chi connectivity index (χ0n) is 18.0. The smallest absolute Gasteiger partial charge is 0.414 e. The summed E-state index contributed by atoms with van der Waals surface area (Å²) in [5.74, 6) is -0.939. The van der Waals surface area contributed by atoms with E-state index in [-0.39, 0.29) is 31.4 Å². The number of amides is 3. The molecule has 2 N–H and O–H groups in total. The lowest BCUT2D eigenvalue weighted by atomic mass is 10.2. The molecule has 0 spiro atoms. The van der Waals surface area contributed by atoms with Gasteiger partial charge in [-0.2, -0.15) is 4.80 Å². The van der Waals surface area contributed by atoms with Crippen LogP contribution < -0.4 is 20.5 Å². The molecule has 3 heterocycles. The molecular formula is C19H24FN9O4. The molecule has 0 aliphatic carbocycles. The molecule has 0 unspecified atom stereocenters. The third-order valence-electron chi connectivity index (χ3n) is 5.28. The second-order valence-corrected chi connectivity index (χ2v) is 7.60. The Morgan fingerprint density at radius 2 is 2.15 bits per heavy atom. The normalized spacial score (nSPS) is 18.8. The minimum absolute atomic E-state index is 0.0507. The lowest BCUT2D eigenvalue weighted by Gasteiger charge is -2.24. The topological polar surface area (TPSA) is 138 Å². The first-order valence-corrected chi connectivity index (χ1v) is 10.4. The predicted octanol–water partition coefficient (Wildman–Crippen LogP) is -0.873. The van der Waals surface area contributed by atoms with Gasteiger partial charge >= 0.3 is 6.09 Å². The van der Waals surface area contributed by atoms with Gasteiger partial charge in [0.15, 0.2) is 6.33 Å². The highest BCUT2D eigenvalue weighted by atomic mass is 19.1. The number of hydrogen-bond donors (Lipinski definition) is 2. The number of benzene rings is 1. The van der Waals surface area contributed by atoms with Gasteiger partial charge in [0.05, 0.1) is 31.0 Å². The molecule has 0 radical (unpaired) electrons. The zero-order valence-corrected chi connectivity index (χ0v) is 18.0. The van der Waals surface area contributed by atoms with Gasteiger partial charge in [-0.25, -0.2) is 14.6 Å². The Balaban J connectivity index is 1.37. The average Bonchev–Trinajstić information content (AvgIpc) is 3.35. The number of halogens is 1. The van der Waals surface area contributed by atoms with Gasteiger partial charge in [0.25, 0.3) is 5.91 Å². The summed E-state index contributed by atoms with van der Waals surface area (Å²) in [6, 6.07) is 4.54. The highest BCUT2D eigenvalue weighted by Gasteiger charge is 2.33. The van der Waals surface area contributed by atoms with E-state index < -0.39 is 18.0 Å². The third kappa shape index (κ3) is 5.34. The van der Waals surface area contributed by atoms with Crippen molar-refractivity contribution in [3.8, 4) is 0 Å². The third-order valence-corrected chi connectivity index (χ3v) is 5.28. The number of nitrogens with zero attached hydrogens (tertiary/aromatic N) is 7. The Morgan fingerprint density at radius 3 is 2.88 bits per heavy atom. The summed E-state index contributed by atoms with van der Waals surface area (Å²) in [4.78, 5) is 40.0. The Hall–Kier alpha value is -3.81. The van der Waals surface area contributed by atoms with Crippen LogP contribution in [0.2, 0.25) is 0 Å². The van der Waals surface area contributed by atoms with Gasteiger partial charge in [-0.1, -0.05) is 0 Å². The van der Waals surface area contributed by atoms with Crippen molar-refractivity contribution in [2.75, 3.05) is 49.1 Å². The van der Waals surface area contributed by atoms with E-state index in [0.29, 0.717) is 37.6 Å². The van der Waals surface area contributed by atoms with E-state index in [4.69, 9.17) is 4.74 Å². The maximum atomic E-state index is 15.0. The first-order chi connectivity index (χ1) is 15.9. The van der Waals surface area contributed by atoms with Crippen LogP contribution in [0, 0.1) is 5.82 Å². The molecule has 0 saturated carbocycles. The number of carbonyl (C=O) groups is 3. The van der Waals surface area contributed by atoms with Crippen molar-refractivity contribution in [3.05, 3.63) is 30.3 Å². The van der Waals surface area contributed by atoms with Gasteiger partial charge in [0, 0.05) is 26.6 Å². The molecule has 176 valence electrons. The van der Waals surface area contributed by atoms with Crippen molar-refractivity contribution in [2.45, 2.75) is 19.6 Å². The van der Waals surface area contributed by atoms with Crippen LogP contribution in [0.4, 0.5) is 20.6 Å². The Labute approximate surface area is 188 Å². The number of rotatable bonds is 6. The molecule has 33 heavy (non-hydrogen) atoms.